The zero-order valence-electron chi connectivity index (χ0n) is 11.1. The first-order valence-corrected chi connectivity index (χ1v) is 6.65. The van der Waals surface area contributed by atoms with Gasteiger partial charge in [0.15, 0.2) is 5.82 Å². The van der Waals surface area contributed by atoms with Crippen LogP contribution >= 0.6 is 0 Å². The Morgan fingerprint density at radius 1 is 0.952 bits per heavy atom. The fraction of sp³-hybridized carbons (Fsp3) is 0. The molecule has 4 aromatic rings. The van der Waals surface area contributed by atoms with Crippen molar-refractivity contribution < 1.29 is 4.39 Å². The summed E-state index contributed by atoms with van der Waals surface area (Å²) in [5, 5.41) is 9.78. The molecule has 0 fully saturated rings. The van der Waals surface area contributed by atoms with E-state index < -0.39 is 5.82 Å². The van der Waals surface area contributed by atoms with E-state index in [1.54, 1.807) is 12.1 Å². The number of nitrogens with one attached hydrogen (secondary N) is 1. The number of hydrogen-bond acceptors (Lipinski definition) is 2. The molecule has 0 amide bonds. The average molecular weight is 277 g/mol. The number of aromatic nitrogens is 2. The van der Waals surface area contributed by atoms with Gasteiger partial charge in [0, 0.05) is 5.56 Å². The van der Waals surface area contributed by atoms with Crippen molar-refractivity contribution in [2.24, 2.45) is 0 Å². The van der Waals surface area contributed by atoms with Crippen molar-refractivity contribution in [3.8, 4) is 11.3 Å². The van der Waals surface area contributed by atoms with E-state index in [0.29, 0.717) is 16.6 Å². The van der Waals surface area contributed by atoms with Crippen molar-refractivity contribution in [1.82, 2.24) is 10.2 Å². The minimum atomic E-state index is -0.426. The maximum atomic E-state index is 14.3. The van der Waals surface area contributed by atoms with Gasteiger partial charge in [0.2, 0.25) is 0 Å². The molecule has 0 atom stereocenters. The molecule has 4 rings (SSSR count). The third-order valence-corrected chi connectivity index (χ3v) is 3.72. The summed E-state index contributed by atoms with van der Waals surface area (Å²) >= 11 is 0. The van der Waals surface area contributed by atoms with Crippen molar-refractivity contribution in [2.45, 2.75) is 0 Å². The Labute approximate surface area is 120 Å². The minimum absolute atomic E-state index is 0.130. The highest BCUT2D eigenvalue weighted by atomic mass is 19.1. The summed E-state index contributed by atoms with van der Waals surface area (Å²) in [5.74, 6) is -0.426. The summed E-state index contributed by atoms with van der Waals surface area (Å²) < 4.78 is 14.3. The van der Waals surface area contributed by atoms with E-state index in [1.165, 1.54) is 0 Å². The Bertz CT molecular complexity index is 972. The molecule has 3 nitrogen and oxygen atoms in total. The Kier molecular flexibility index (Phi) is 2.44. The SMILES string of the molecule is Nc1ccc2[nH]nc(-c3ccc4ccccc4c3)c2c1F. The van der Waals surface area contributed by atoms with E-state index in [4.69, 9.17) is 5.73 Å². The Balaban J connectivity index is 2.02. The van der Waals surface area contributed by atoms with Crippen molar-refractivity contribution in [3.63, 3.8) is 0 Å². The smallest absolute Gasteiger partial charge is 0.157 e. The number of aromatic amines is 1. The highest BCUT2D eigenvalue weighted by molar-refractivity contribution is 5.97. The van der Waals surface area contributed by atoms with Gasteiger partial charge >= 0.3 is 0 Å². The molecule has 21 heavy (non-hydrogen) atoms. The molecule has 0 unspecified atom stereocenters. The van der Waals surface area contributed by atoms with Gasteiger partial charge in [-0.2, -0.15) is 5.10 Å². The molecular weight excluding hydrogens is 265 g/mol. The summed E-state index contributed by atoms with van der Waals surface area (Å²) in [6, 6.07) is 17.3. The molecule has 0 spiro atoms. The first kappa shape index (κ1) is 11.9. The number of rotatable bonds is 1. The molecule has 0 aliphatic carbocycles. The third kappa shape index (κ3) is 1.76. The molecule has 0 radical (unpaired) electrons. The largest absolute Gasteiger partial charge is 0.396 e. The zero-order valence-corrected chi connectivity index (χ0v) is 11.1. The Hall–Kier alpha value is -2.88. The van der Waals surface area contributed by atoms with Crippen LogP contribution in [0.1, 0.15) is 0 Å². The van der Waals surface area contributed by atoms with Gasteiger partial charge in [-0.05, 0) is 29.0 Å². The normalized spacial score (nSPS) is 11.3. The van der Waals surface area contributed by atoms with E-state index >= 15 is 0 Å². The molecule has 102 valence electrons. The molecule has 3 N–H and O–H groups in total. The predicted octanol–water partition coefficient (Wildman–Crippen LogP) is 4.10. The molecule has 1 aromatic heterocycles. The monoisotopic (exact) mass is 277 g/mol. The molecule has 1 heterocycles. The zero-order chi connectivity index (χ0) is 14.4. The van der Waals surface area contributed by atoms with Crippen molar-refractivity contribution >= 4 is 27.4 Å². The topological polar surface area (TPSA) is 54.7 Å². The van der Waals surface area contributed by atoms with Crippen molar-refractivity contribution in [2.75, 3.05) is 5.73 Å². The predicted molar refractivity (Wildman–Crippen MR) is 83.4 cm³/mol. The average Bonchev–Trinajstić information content (AvgIpc) is 2.95. The van der Waals surface area contributed by atoms with Gasteiger partial charge in [-0.15, -0.1) is 0 Å². The van der Waals surface area contributed by atoms with Crippen LogP contribution in [0, 0.1) is 5.82 Å². The van der Waals surface area contributed by atoms with Crippen LogP contribution in [-0.4, -0.2) is 10.2 Å². The first-order valence-electron chi connectivity index (χ1n) is 6.65. The van der Waals surface area contributed by atoms with E-state index in [-0.39, 0.29) is 5.69 Å². The molecule has 0 bridgehead atoms. The second-order valence-corrected chi connectivity index (χ2v) is 5.03. The second-order valence-electron chi connectivity index (χ2n) is 5.03. The maximum Gasteiger partial charge on any atom is 0.157 e. The summed E-state index contributed by atoms with van der Waals surface area (Å²) in [7, 11) is 0. The van der Waals surface area contributed by atoms with Gasteiger partial charge in [-0.1, -0.05) is 36.4 Å². The van der Waals surface area contributed by atoms with Gasteiger partial charge in [0.25, 0.3) is 0 Å². The first-order chi connectivity index (χ1) is 10.2. The van der Waals surface area contributed by atoms with Crippen LogP contribution < -0.4 is 5.73 Å². The lowest BCUT2D eigenvalue weighted by molar-refractivity contribution is 0.644. The minimum Gasteiger partial charge on any atom is -0.396 e. The highest BCUT2D eigenvalue weighted by Crippen LogP contribution is 2.32. The van der Waals surface area contributed by atoms with Crippen LogP contribution in [0.3, 0.4) is 0 Å². The molecule has 0 aliphatic heterocycles. The summed E-state index contributed by atoms with van der Waals surface area (Å²) in [5.41, 5.74) is 7.89. The molecule has 0 saturated carbocycles. The van der Waals surface area contributed by atoms with Crippen LogP contribution in [0.25, 0.3) is 32.9 Å². The van der Waals surface area contributed by atoms with Crippen LogP contribution in [0.4, 0.5) is 10.1 Å². The van der Waals surface area contributed by atoms with Crippen molar-refractivity contribution in [3.05, 3.63) is 60.4 Å². The quantitative estimate of drug-likeness (QED) is 0.514. The lowest BCUT2D eigenvalue weighted by Crippen LogP contribution is -1.91. The number of H-pyrrole nitrogens is 1. The van der Waals surface area contributed by atoms with E-state index in [1.807, 2.05) is 42.5 Å². The van der Waals surface area contributed by atoms with Gasteiger partial charge in [0.1, 0.15) is 5.69 Å². The number of nitrogens with zero attached hydrogens (tertiary/aromatic N) is 1. The molecule has 3 aromatic carbocycles. The molecule has 4 heteroatoms. The fourth-order valence-electron chi connectivity index (χ4n) is 2.63. The molecular formula is C17H12FN3. The number of benzene rings is 3. The van der Waals surface area contributed by atoms with Gasteiger partial charge in [0.05, 0.1) is 16.6 Å². The number of anilines is 1. The number of nitrogens with two attached hydrogens (primary N) is 1. The van der Waals surface area contributed by atoms with Gasteiger partial charge < -0.3 is 5.73 Å². The third-order valence-electron chi connectivity index (χ3n) is 3.72. The lowest BCUT2D eigenvalue weighted by atomic mass is 10.0. The Morgan fingerprint density at radius 3 is 2.62 bits per heavy atom. The molecule has 0 saturated heterocycles. The van der Waals surface area contributed by atoms with E-state index in [9.17, 15) is 4.39 Å². The van der Waals surface area contributed by atoms with Crippen LogP contribution in [0.15, 0.2) is 54.6 Å². The maximum absolute atomic E-state index is 14.3. The Morgan fingerprint density at radius 2 is 1.76 bits per heavy atom. The number of nitrogen functional groups attached to an aromatic ring is 1. The molecule has 0 aliphatic rings. The standard InChI is InChI=1S/C17H12FN3/c18-16-13(19)7-8-14-15(16)17(21-20-14)12-6-5-10-3-1-2-4-11(10)9-12/h1-9H,19H2,(H,20,21). The summed E-state index contributed by atoms with van der Waals surface area (Å²) in [4.78, 5) is 0. The highest BCUT2D eigenvalue weighted by Gasteiger charge is 2.14. The lowest BCUT2D eigenvalue weighted by Gasteiger charge is -2.03. The van der Waals surface area contributed by atoms with Crippen molar-refractivity contribution in [1.29, 1.82) is 0 Å². The number of hydrogen-bond donors (Lipinski definition) is 2. The van der Waals surface area contributed by atoms with E-state index in [0.717, 1.165) is 16.3 Å². The fourth-order valence-corrected chi connectivity index (χ4v) is 2.63. The van der Waals surface area contributed by atoms with Crippen LogP contribution in [0.2, 0.25) is 0 Å². The van der Waals surface area contributed by atoms with Crippen LogP contribution in [-0.2, 0) is 0 Å². The van der Waals surface area contributed by atoms with Gasteiger partial charge in [-0.3, -0.25) is 5.10 Å². The van der Waals surface area contributed by atoms with E-state index in [2.05, 4.69) is 10.2 Å². The summed E-state index contributed by atoms with van der Waals surface area (Å²) in [6.45, 7) is 0. The second kappa shape index (κ2) is 4.31. The number of halogens is 1. The van der Waals surface area contributed by atoms with Gasteiger partial charge in [-0.25, -0.2) is 4.39 Å². The van der Waals surface area contributed by atoms with Crippen LogP contribution in [0.5, 0.6) is 0 Å². The number of fused-ring (bicyclic) bond motifs is 2. The summed E-state index contributed by atoms with van der Waals surface area (Å²) in [6.07, 6.45) is 0.